The maximum atomic E-state index is 6.78. The average molecular weight is 414 g/mol. The van der Waals surface area contributed by atoms with Gasteiger partial charge in [-0.25, -0.2) is 0 Å². The zero-order chi connectivity index (χ0) is 20.2. The molecule has 148 valence electrons. The molecule has 0 saturated heterocycles. The van der Waals surface area contributed by atoms with E-state index in [1.165, 1.54) is 12.8 Å². The second kappa shape index (κ2) is 6.74. The van der Waals surface area contributed by atoms with Crippen LogP contribution >= 0.6 is 11.6 Å². The normalized spacial score (nSPS) is 18.1. The van der Waals surface area contributed by atoms with Gasteiger partial charge >= 0.3 is 0 Å². The van der Waals surface area contributed by atoms with E-state index in [0.29, 0.717) is 5.02 Å². The summed E-state index contributed by atoms with van der Waals surface area (Å²) in [5.74, 6) is 1.76. The van der Waals surface area contributed by atoms with E-state index in [0.717, 1.165) is 69.6 Å². The van der Waals surface area contributed by atoms with Crippen molar-refractivity contribution in [3.8, 4) is 0 Å². The number of aryl methyl sites for hydroxylation is 1. The third-order valence-corrected chi connectivity index (χ3v) is 6.36. The van der Waals surface area contributed by atoms with Gasteiger partial charge in [0.2, 0.25) is 0 Å². The molecule has 3 aliphatic rings. The third-order valence-electron chi connectivity index (χ3n) is 5.98. The Morgan fingerprint density at radius 3 is 2.80 bits per heavy atom. The van der Waals surface area contributed by atoms with Crippen LogP contribution in [0, 0.1) is 12.8 Å². The summed E-state index contributed by atoms with van der Waals surface area (Å²) in [4.78, 5) is 9.21. The Bertz CT molecular complexity index is 1300. The maximum Gasteiger partial charge on any atom is 0.180 e. The van der Waals surface area contributed by atoms with Gasteiger partial charge in [0, 0.05) is 42.1 Å². The second-order valence-electron chi connectivity index (χ2n) is 8.24. The summed E-state index contributed by atoms with van der Waals surface area (Å²) in [6.07, 6.45) is 14.7. The van der Waals surface area contributed by atoms with Crippen LogP contribution in [0.15, 0.2) is 59.4 Å². The molecule has 5 nitrogen and oxygen atoms in total. The topological polar surface area (TPSA) is 55.4 Å². The number of hydrogen-bond acceptors (Lipinski definition) is 4. The van der Waals surface area contributed by atoms with Crippen molar-refractivity contribution in [3.05, 3.63) is 82.1 Å². The second-order valence-corrected chi connectivity index (χ2v) is 8.62. The predicted octanol–water partition coefficient (Wildman–Crippen LogP) is 5.25. The zero-order valence-corrected chi connectivity index (χ0v) is 17.4. The van der Waals surface area contributed by atoms with Crippen molar-refractivity contribution >= 4 is 34.2 Å². The van der Waals surface area contributed by atoms with Crippen molar-refractivity contribution in [2.75, 3.05) is 0 Å². The third kappa shape index (κ3) is 3.01. The number of rotatable bonds is 4. The Hall–Kier alpha value is -3.05. The van der Waals surface area contributed by atoms with Gasteiger partial charge in [0.05, 0.1) is 16.4 Å². The number of fused-ring (bicyclic) bond motifs is 2. The fraction of sp³-hybridized carbons (Fsp3) is 0.250. The first kappa shape index (κ1) is 17.8. The Kier molecular flexibility index (Phi) is 4.00. The number of nitrogens with zero attached hydrogens (tertiary/aromatic N) is 5. The van der Waals surface area contributed by atoms with Gasteiger partial charge in [0.1, 0.15) is 5.82 Å². The molecule has 0 spiro atoms. The highest BCUT2D eigenvalue weighted by atomic mass is 35.5. The maximum absolute atomic E-state index is 6.78. The smallest absolute Gasteiger partial charge is 0.180 e. The van der Waals surface area contributed by atoms with E-state index >= 15 is 0 Å². The number of allylic oxidation sites excluding steroid dienone is 5. The van der Waals surface area contributed by atoms with Crippen LogP contribution < -0.4 is 0 Å². The van der Waals surface area contributed by atoms with Gasteiger partial charge in [-0.05, 0) is 67.2 Å². The van der Waals surface area contributed by atoms with E-state index in [1.807, 2.05) is 29.8 Å². The summed E-state index contributed by atoms with van der Waals surface area (Å²) in [6.45, 7) is 1.99. The average Bonchev–Trinajstić information content (AvgIpc) is 3.31. The van der Waals surface area contributed by atoms with Crippen molar-refractivity contribution in [2.24, 2.45) is 10.9 Å². The zero-order valence-electron chi connectivity index (χ0n) is 16.6. The van der Waals surface area contributed by atoms with Crippen LogP contribution in [0.5, 0.6) is 0 Å². The van der Waals surface area contributed by atoms with Gasteiger partial charge in [-0.15, -0.1) is 10.2 Å². The molecule has 6 rings (SSSR count). The Morgan fingerprint density at radius 2 is 2.00 bits per heavy atom. The van der Waals surface area contributed by atoms with Crippen LogP contribution in [0.3, 0.4) is 0 Å². The van der Waals surface area contributed by atoms with Crippen LogP contribution in [0.25, 0.3) is 16.9 Å². The van der Waals surface area contributed by atoms with Gasteiger partial charge in [0.15, 0.2) is 5.65 Å². The van der Waals surface area contributed by atoms with Crippen LogP contribution in [-0.2, 0) is 6.42 Å². The molecule has 30 heavy (non-hydrogen) atoms. The first-order valence-electron chi connectivity index (χ1n) is 10.3. The Morgan fingerprint density at radius 1 is 1.10 bits per heavy atom. The van der Waals surface area contributed by atoms with Gasteiger partial charge in [-0.2, -0.15) is 0 Å². The molecule has 3 aromatic heterocycles. The lowest BCUT2D eigenvalue weighted by Gasteiger charge is -2.13. The molecule has 4 heterocycles. The molecule has 6 heteroatoms. The predicted molar refractivity (Wildman–Crippen MR) is 119 cm³/mol. The van der Waals surface area contributed by atoms with E-state index < -0.39 is 0 Å². The van der Waals surface area contributed by atoms with Crippen molar-refractivity contribution in [1.29, 1.82) is 0 Å². The van der Waals surface area contributed by atoms with Crippen molar-refractivity contribution in [1.82, 2.24) is 19.6 Å². The molecule has 1 saturated carbocycles. The van der Waals surface area contributed by atoms with Crippen LogP contribution in [0.1, 0.15) is 41.9 Å². The minimum absolute atomic E-state index is 0.653. The van der Waals surface area contributed by atoms with Crippen molar-refractivity contribution in [2.45, 2.75) is 32.6 Å². The molecule has 0 N–H and O–H groups in total. The van der Waals surface area contributed by atoms with E-state index in [4.69, 9.17) is 16.6 Å². The number of halogens is 1. The number of aromatic nitrogens is 4. The minimum Gasteiger partial charge on any atom is -0.285 e. The first-order valence-corrected chi connectivity index (χ1v) is 10.7. The molecule has 0 aromatic carbocycles. The molecule has 1 aliphatic heterocycles. The van der Waals surface area contributed by atoms with Gasteiger partial charge in [-0.3, -0.25) is 14.4 Å². The van der Waals surface area contributed by atoms with Crippen LogP contribution in [0.2, 0.25) is 5.02 Å². The van der Waals surface area contributed by atoms with Crippen molar-refractivity contribution in [3.63, 3.8) is 0 Å². The summed E-state index contributed by atoms with van der Waals surface area (Å²) in [6, 6.07) is 6.16. The summed E-state index contributed by atoms with van der Waals surface area (Å²) in [7, 11) is 0. The lowest BCUT2D eigenvalue weighted by atomic mass is 9.94. The Balaban J connectivity index is 1.34. The van der Waals surface area contributed by atoms with E-state index in [9.17, 15) is 0 Å². The molecule has 0 amide bonds. The fourth-order valence-electron chi connectivity index (χ4n) is 4.06. The highest BCUT2D eigenvalue weighted by Crippen LogP contribution is 2.37. The largest absolute Gasteiger partial charge is 0.285 e. The SMILES string of the molecule is Cc1ccc(C2=CC3=CC(c4ccn5c(CC6CC6)nnc5c4Cl)=CCC3=N2)cn1. The molecule has 2 aliphatic carbocycles. The fourth-order valence-corrected chi connectivity index (χ4v) is 4.37. The summed E-state index contributed by atoms with van der Waals surface area (Å²) >= 11 is 6.78. The molecule has 0 unspecified atom stereocenters. The molecule has 1 fully saturated rings. The molecule has 0 radical (unpaired) electrons. The molecular weight excluding hydrogens is 394 g/mol. The number of hydrogen-bond donors (Lipinski definition) is 0. The van der Waals surface area contributed by atoms with Gasteiger partial charge < -0.3 is 0 Å². The quantitative estimate of drug-likeness (QED) is 0.587. The van der Waals surface area contributed by atoms with Crippen LogP contribution in [-0.4, -0.2) is 25.3 Å². The lowest BCUT2D eigenvalue weighted by molar-refractivity contribution is 0.758. The first-order chi connectivity index (χ1) is 14.7. The molecule has 0 atom stereocenters. The van der Waals surface area contributed by atoms with Crippen molar-refractivity contribution < 1.29 is 0 Å². The number of aliphatic imine (C=N–C) groups is 1. The van der Waals surface area contributed by atoms with E-state index in [1.54, 1.807) is 0 Å². The van der Waals surface area contributed by atoms with Crippen LogP contribution in [0.4, 0.5) is 0 Å². The molecular formula is C24H20ClN5. The Labute approximate surface area is 179 Å². The summed E-state index contributed by atoms with van der Waals surface area (Å²) in [5, 5.41) is 9.41. The molecule has 3 aromatic rings. The van der Waals surface area contributed by atoms with E-state index in [-0.39, 0.29) is 0 Å². The lowest BCUT2D eigenvalue weighted by Crippen LogP contribution is -2.03. The molecule has 0 bridgehead atoms. The standard InChI is InChI=1S/C24H20ClN5/c1-14-2-5-17(13-26-14)21-12-18-11-16(6-7-20(18)27-21)19-8-9-30-22(10-15-3-4-15)28-29-24(30)23(19)25/h2,5-6,8-9,11-13,15H,3-4,7,10H2,1H3. The highest BCUT2D eigenvalue weighted by Gasteiger charge is 2.25. The highest BCUT2D eigenvalue weighted by molar-refractivity contribution is 6.35. The number of pyridine rings is 2. The van der Waals surface area contributed by atoms with Gasteiger partial charge in [0.25, 0.3) is 0 Å². The summed E-state index contributed by atoms with van der Waals surface area (Å²) in [5.41, 5.74) is 8.04. The minimum atomic E-state index is 0.653. The van der Waals surface area contributed by atoms with E-state index in [2.05, 4.69) is 45.5 Å². The summed E-state index contributed by atoms with van der Waals surface area (Å²) < 4.78 is 2.03. The van der Waals surface area contributed by atoms with Gasteiger partial charge in [-0.1, -0.05) is 17.7 Å². The monoisotopic (exact) mass is 413 g/mol.